The zero-order valence-corrected chi connectivity index (χ0v) is 4.67. The maximum Gasteiger partial charge on any atom is 0.293 e. The van der Waals surface area contributed by atoms with Gasteiger partial charge < -0.3 is 16.0 Å². The number of carbonyl (C=O) groups is 1. The first-order chi connectivity index (χ1) is 3.41. The van der Waals surface area contributed by atoms with E-state index < -0.39 is 0 Å². The number of aliphatic hydroxyl groups excluding tert-OH is 1. The predicted octanol–water partition coefficient (Wildman–Crippen LogP) is -0.296. The second-order valence-corrected chi connectivity index (χ2v) is 1.04. The Balaban J connectivity index is 0. The molecule has 0 saturated heterocycles. The molecule has 8 heavy (non-hydrogen) atoms. The van der Waals surface area contributed by atoms with Gasteiger partial charge in [0.05, 0.1) is 6.61 Å². The predicted molar refractivity (Wildman–Crippen MR) is 28.7 cm³/mol. The second kappa shape index (κ2) is 9.63. The quantitative estimate of drug-likeness (QED) is 0.395. The first-order valence-electron chi connectivity index (χ1n) is 2.08. The molecule has 0 aromatic heterocycles. The standard InChI is InChI=1S/C4H8O3.H3N/c5-2-1-3-7-4-6;/h4-5H,1-3H2;1H3. The van der Waals surface area contributed by atoms with E-state index in [2.05, 4.69) is 4.74 Å². The monoisotopic (exact) mass is 121 g/mol. The molecule has 0 aromatic rings. The van der Waals surface area contributed by atoms with Crippen molar-refractivity contribution in [2.75, 3.05) is 13.2 Å². The molecule has 4 heteroatoms. The van der Waals surface area contributed by atoms with Gasteiger partial charge in [0.15, 0.2) is 0 Å². The SMILES string of the molecule is N.O=COCCCO. The molecular weight excluding hydrogens is 110 g/mol. The molecule has 0 aliphatic rings. The molecule has 0 aliphatic carbocycles. The Morgan fingerprint density at radius 1 is 1.62 bits per heavy atom. The van der Waals surface area contributed by atoms with Crippen LogP contribution in [0.15, 0.2) is 0 Å². The van der Waals surface area contributed by atoms with Crippen molar-refractivity contribution in [2.24, 2.45) is 0 Å². The van der Waals surface area contributed by atoms with Gasteiger partial charge in [0.25, 0.3) is 6.47 Å². The highest BCUT2D eigenvalue weighted by Crippen LogP contribution is 1.73. The first kappa shape index (κ1) is 10.4. The van der Waals surface area contributed by atoms with Gasteiger partial charge in [-0.15, -0.1) is 0 Å². The number of ether oxygens (including phenoxy) is 1. The molecule has 0 rings (SSSR count). The fourth-order valence-corrected chi connectivity index (χ4v) is 0.196. The average molecular weight is 121 g/mol. The summed E-state index contributed by atoms with van der Waals surface area (Å²) in [6.45, 7) is 0.767. The van der Waals surface area contributed by atoms with Crippen LogP contribution in [0.25, 0.3) is 0 Å². The van der Waals surface area contributed by atoms with Crippen molar-refractivity contribution >= 4 is 6.47 Å². The van der Waals surface area contributed by atoms with Crippen molar-refractivity contribution in [3.05, 3.63) is 0 Å². The molecule has 0 aromatic carbocycles. The zero-order chi connectivity index (χ0) is 5.54. The average Bonchev–Trinajstić information content (AvgIpc) is 1.69. The van der Waals surface area contributed by atoms with Crippen molar-refractivity contribution in [1.29, 1.82) is 0 Å². The third kappa shape index (κ3) is 9.04. The smallest absolute Gasteiger partial charge is 0.293 e. The summed E-state index contributed by atoms with van der Waals surface area (Å²) in [6.07, 6.45) is 0.527. The third-order valence-corrected chi connectivity index (χ3v) is 0.488. The maximum absolute atomic E-state index is 9.38. The van der Waals surface area contributed by atoms with E-state index in [0.717, 1.165) is 0 Å². The van der Waals surface area contributed by atoms with Crippen molar-refractivity contribution in [2.45, 2.75) is 6.42 Å². The molecule has 0 aliphatic heterocycles. The largest absolute Gasteiger partial charge is 0.468 e. The lowest BCUT2D eigenvalue weighted by molar-refractivity contribution is -0.128. The van der Waals surface area contributed by atoms with Crippen molar-refractivity contribution in [3.8, 4) is 0 Å². The maximum atomic E-state index is 9.38. The molecule has 0 atom stereocenters. The van der Waals surface area contributed by atoms with Crippen LogP contribution >= 0.6 is 0 Å². The highest BCUT2D eigenvalue weighted by atomic mass is 16.5. The zero-order valence-electron chi connectivity index (χ0n) is 4.67. The van der Waals surface area contributed by atoms with E-state index in [0.29, 0.717) is 19.5 Å². The van der Waals surface area contributed by atoms with Crippen LogP contribution in [-0.2, 0) is 9.53 Å². The van der Waals surface area contributed by atoms with Crippen LogP contribution < -0.4 is 6.15 Å². The molecule has 0 amide bonds. The Kier molecular flexibility index (Phi) is 12.5. The minimum Gasteiger partial charge on any atom is -0.468 e. The van der Waals surface area contributed by atoms with Gasteiger partial charge in [-0.3, -0.25) is 4.79 Å². The third-order valence-electron chi connectivity index (χ3n) is 0.488. The topological polar surface area (TPSA) is 81.5 Å². The van der Waals surface area contributed by atoms with Gasteiger partial charge in [0.2, 0.25) is 0 Å². The van der Waals surface area contributed by atoms with Crippen LogP contribution in [0.1, 0.15) is 6.42 Å². The Morgan fingerprint density at radius 3 is 2.62 bits per heavy atom. The number of hydrogen-bond donors (Lipinski definition) is 2. The van der Waals surface area contributed by atoms with Gasteiger partial charge in [-0.1, -0.05) is 0 Å². The Bertz CT molecular complexity index is 48.5. The van der Waals surface area contributed by atoms with Gasteiger partial charge in [0, 0.05) is 13.0 Å². The number of rotatable bonds is 4. The molecule has 0 radical (unpaired) electrons. The molecule has 0 fully saturated rings. The van der Waals surface area contributed by atoms with Crippen molar-refractivity contribution in [1.82, 2.24) is 6.15 Å². The van der Waals surface area contributed by atoms with Crippen molar-refractivity contribution < 1.29 is 14.6 Å². The van der Waals surface area contributed by atoms with Crippen LogP contribution in [0.4, 0.5) is 0 Å². The Morgan fingerprint density at radius 2 is 2.25 bits per heavy atom. The van der Waals surface area contributed by atoms with Gasteiger partial charge in [-0.05, 0) is 0 Å². The lowest BCUT2D eigenvalue weighted by Gasteiger charge is -1.90. The summed E-state index contributed by atoms with van der Waals surface area (Å²) in [5, 5.41) is 8.10. The molecule has 0 bridgehead atoms. The lowest BCUT2D eigenvalue weighted by Crippen LogP contribution is -1.93. The van der Waals surface area contributed by atoms with Gasteiger partial charge in [0.1, 0.15) is 0 Å². The first-order valence-corrected chi connectivity index (χ1v) is 2.08. The van der Waals surface area contributed by atoms with Crippen LogP contribution in [-0.4, -0.2) is 24.8 Å². The number of aliphatic hydroxyl groups is 1. The van der Waals surface area contributed by atoms with Gasteiger partial charge in [-0.25, -0.2) is 0 Å². The van der Waals surface area contributed by atoms with E-state index in [-0.39, 0.29) is 12.8 Å². The summed E-state index contributed by atoms with van der Waals surface area (Å²) in [5.74, 6) is 0. The summed E-state index contributed by atoms with van der Waals surface area (Å²) in [5.41, 5.74) is 0. The molecular formula is C4H11NO3. The van der Waals surface area contributed by atoms with E-state index >= 15 is 0 Å². The minimum absolute atomic E-state index is 0. The lowest BCUT2D eigenvalue weighted by atomic mass is 10.5. The summed E-state index contributed by atoms with van der Waals surface area (Å²) in [4.78, 5) is 9.38. The highest BCUT2D eigenvalue weighted by molar-refractivity contribution is 5.36. The molecule has 4 nitrogen and oxygen atoms in total. The minimum atomic E-state index is 0. The van der Waals surface area contributed by atoms with E-state index in [1.807, 2.05) is 0 Å². The van der Waals surface area contributed by atoms with Gasteiger partial charge >= 0.3 is 0 Å². The van der Waals surface area contributed by atoms with Crippen LogP contribution in [0.2, 0.25) is 0 Å². The van der Waals surface area contributed by atoms with Crippen molar-refractivity contribution in [3.63, 3.8) is 0 Å². The van der Waals surface area contributed by atoms with Crippen LogP contribution in [0.5, 0.6) is 0 Å². The molecule has 0 spiro atoms. The van der Waals surface area contributed by atoms with Gasteiger partial charge in [-0.2, -0.15) is 0 Å². The molecule has 0 heterocycles. The fraction of sp³-hybridized carbons (Fsp3) is 0.750. The Hall–Kier alpha value is -0.610. The summed E-state index contributed by atoms with van der Waals surface area (Å²) >= 11 is 0. The number of carbonyl (C=O) groups excluding carboxylic acids is 1. The molecule has 4 N–H and O–H groups in total. The normalized spacial score (nSPS) is 7.12. The van der Waals surface area contributed by atoms with E-state index in [1.165, 1.54) is 0 Å². The summed E-state index contributed by atoms with van der Waals surface area (Å²) in [6, 6.07) is 0. The number of hydrogen-bond acceptors (Lipinski definition) is 4. The summed E-state index contributed by atoms with van der Waals surface area (Å²) < 4.78 is 4.23. The Labute approximate surface area is 48.0 Å². The second-order valence-electron chi connectivity index (χ2n) is 1.04. The van der Waals surface area contributed by atoms with E-state index in [1.54, 1.807) is 0 Å². The van der Waals surface area contributed by atoms with E-state index in [9.17, 15) is 4.79 Å². The molecule has 0 saturated carbocycles. The van der Waals surface area contributed by atoms with Crippen LogP contribution in [0, 0.1) is 0 Å². The fourth-order valence-electron chi connectivity index (χ4n) is 0.196. The van der Waals surface area contributed by atoms with Crippen LogP contribution in [0.3, 0.4) is 0 Å². The molecule has 0 unspecified atom stereocenters. The van der Waals surface area contributed by atoms with E-state index in [4.69, 9.17) is 5.11 Å². The summed E-state index contributed by atoms with van der Waals surface area (Å²) in [7, 11) is 0. The molecule has 50 valence electrons. The highest BCUT2D eigenvalue weighted by Gasteiger charge is 1.79.